The third-order valence-electron chi connectivity index (χ3n) is 3.11. The number of aliphatic hydroxyl groups is 1. The van der Waals surface area contributed by atoms with Gasteiger partial charge in [-0.25, -0.2) is 0 Å². The molecular weight excluding hydrogens is 364 g/mol. The van der Waals surface area contributed by atoms with Gasteiger partial charge in [-0.05, 0) is 31.5 Å². The van der Waals surface area contributed by atoms with Gasteiger partial charge in [0.1, 0.15) is 17.3 Å². The molecule has 0 atom stereocenters. The highest BCUT2D eigenvalue weighted by Gasteiger charge is 2.20. The highest BCUT2D eigenvalue weighted by atomic mass is 32.2. The van der Waals surface area contributed by atoms with Gasteiger partial charge < -0.3 is 24.1 Å². The Morgan fingerprint density at radius 2 is 1.50 bits per heavy atom. The van der Waals surface area contributed by atoms with Crippen LogP contribution in [-0.2, 0) is 28.5 Å². The quantitative estimate of drug-likeness (QED) is 0.350. The second-order valence-electron chi connectivity index (χ2n) is 5.22. The first-order chi connectivity index (χ1) is 12.5. The number of aryl methyl sites for hydroxylation is 1. The van der Waals surface area contributed by atoms with Crippen molar-refractivity contribution in [1.82, 2.24) is 0 Å². The molecule has 0 heterocycles. The molecule has 0 aliphatic heterocycles. The van der Waals surface area contributed by atoms with Crippen LogP contribution >= 0.6 is 0 Å². The van der Waals surface area contributed by atoms with Crippen molar-refractivity contribution >= 4 is 10.1 Å². The van der Waals surface area contributed by atoms with Gasteiger partial charge in [-0.2, -0.15) is 8.42 Å². The van der Waals surface area contributed by atoms with Gasteiger partial charge in [0, 0.05) is 0 Å². The van der Waals surface area contributed by atoms with Crippen LogP contribution in [0.4, 0.5) is 0 Å². The van der Waals surface area contributed by atoms with Gasteiger partial charge in [0.2, 0.25) is 0 Å². The molecule has 1 N–H and O–H groups in total. The summed E-state index contributed by atoms with van der Waals surface area (Å²) in [6.07, 6.45) is 0. The van der Waals surface area contributed by atoms with Crippen LogP contribution in [0, 0.1) is 6.92 Å². The second kappa shape index (κ2) is 13.0. The Labute approximate surface area is 155 Å². The lowest BCUT2D eigenvalue weighted by Gasteiger charge is -2.13. The van der Waals surface area contributed by atoms with Gasteiger partial charge in [0.05, 0.1) is 52.9 Å². The molecule has 26 heavy (non-hydrogen) atoms. The summed E-state index contributed by atoms with van der Waals surface area (Å²) in [6, 6.07) is 4.82. The van der Waals surface area contributed by atoms with Crippen molar-refractivity contribution in [1.29, 1.82) is 0 Å². The van der Waals surface area contributed by atoms with E-state index in [9.17, 15) is 8.42 Å². The average molecular weight is 392 g/mol. The van der Waals surface area contributed by atoms with Crippen molar-refractivity contribution in [2.45, 2.75) is 18.7 Å². The van der Waals surface area contributed by atoms with Gasteiger partial charge >= 0.3 is 10.1 Å². The fraction of sp³-hybridized carbons (Fsp3) is 0.647. The molecule has 150 valence electrons. The standard InChI is InChI=1S/C17H28O8S/c1-3-25-26(19,20)17-5-4-15(2)14-16(17)24-13-12-23-11-10-22-9-8-21-7-6-18/h4-5,14,18H,3,6-13H2,1-2H3. The Hall–Kier alpha value is -1.23. The summed E-state index contributed by atoms with van der Waals surface area (Å²) in [6.45, 7) is 5.99. The minimum Gasteiger partial charge on any atom is -0.490 e. The van der Waals surface area contributed by atoms with Crippen LogP contribution in [0.15, 0.2) is 23.1 Å². The van der Waals surface area contributed by atoms with E-state index in [-0.39, 0.29) is 30.5 Å². The number of rotatable bonds is 15. The SMILES string of the molecule is CCOS(=O)(=O)c1ccc(C)cc1OCCOCCOCCOCCO. The van der Waals surface area contributed by atoms with Crippen LogP contribution in [0.25, 0.3) is 0 Å². The molecule has 1 aromatic carbocycles. The molecule has 0 aliphatic carbocycles. The van der Waals surface area contributed by atoms with Gasteiger partial charge in [0.15, 0.2) is 0 Å². The third-order valence-corrected chi connectivity index (χ3v) is 4.53. The predicted octanol–water partition coefficient (Wildman–Crippen LogP) is 1.14. The van der Waals surface area contributed by atoms with Crippen molar-refractivity contribution < 1.29 is 36.7 Å². The summed E-state index contributed by atoms with van der Waals surface area (Å²) < 4.78 is 50.3. The minimum atomic E-state index is -3.84. The smallest absolute Gasteiger partial charge is 0.300 e. The highest BCUT2D eigenvalue weighted by Crippen LogP contribution is 2.26. The van der Waals surface area contributed by atoms with Crippen molar-refractivity contribution in [3.05, 3.63) is 23.8 Å². The van der Waals surface area contributed by atoms with Crippen LogP contribution in [0.3, 0.4) is 0 Å². The average Bonchev–Trinajstić information content (AvgIpc) is 2.59. The lowest BCUT2D eigenvalue weighted by molar-refractivity contribution is 0.00348. The molecule has 0 fully saturated rings. The molecule has 0 radical (unpaired) electrons. The maximum absolute atomic E-state index is 12.1. The molecule has 0 bridgehead atoms. The minimum absolute atomic E-state index is 0.00235. The van der Waals surface area contributed by atoms with Crippen LogP contribution in [0.1, 0.15) is 12.5 Å². The van der Waals surface area contributed by atoms with E-state index in [4.69, 9.17) is 28.2 Å². The van der Waals surface area contributed by atoms with Crippen LogP contribution in [0.5, 0.6) is 5.75 Å². The lowest BCUT2D eigenvalue weighted by Crippen LogP contribution is -2.14. The van der Waals surface area contributed by atoms with E-state index < -0.39 is 10.1 Å². The van der Waals surface area contributed by atoms with E-state index in [1.54, 1.807) is 19.1 Å². The fourth-order valence-corrected chi connectivity index (χ4v) is 3.01. The first-order valence-corrected chi connectivity index (χ1v) is 9.89. The van der Waals surface area contributed by atoms with E-state index in [1.807, 2.05) is 6.92 Å². The number of ether oxygens (including phenoxy) is 4. The van der Waals surface area contributed by atoms with E-state index >= 15 is 0 Å². The Bertz CT molecular complexity index is 603. The van der Waals surface area contributed by atoms with E-state index in [2.05, 4.69) is 0 Å². The number of hydrogen-bond donors (Lipinski definition) is 1. The summed E-state index contributed by atoms with van der Waals surface area (Å²) in [7, 11) is -3.84. The number of benzene rings is 1. The molecule has 0 saturated heterocycles. The van der Waals surface area contributed by atoms with Gasteiger partial charge in [-0.1, -0.05) is 6.07 Å². The Morgan fingerprint density at radius 1 is 0.923 bits per heavy atom. The predicted molar refractivity (Wildman–Crippen MR) is 95.0 cm³/mol. The maximum Gasteiger partial charge on any atom is 0.300 e. The van der Waals surface area contributed by atoms with Crippen LogP contribution < -0.4 is 4.74 Å². The summed E-state index contributed by atoms with van der Waals surface area (Å²) >= 11 is 0. The zero-order valence-electron chi connectivity index (χ0n) is 15.3. The summed E-state index contributed by atoms with van der Waals surface area (Å²) in [5.41, 5.74) is 0.883. The first-order valence-electron chi connectivity index (χ1n) is 8.48. The monoisotopic (exact) mass is 392 g/mol. The largest absolute Gasteiger partial charge is 0.490 e. The molecule has 9 heteroatoms. The molecule has 0 unspecified atom stereocenters. The van der Waals surface area contributed by atoms with E-state index in [1.165, 1.54) is 6.07 Å². The zero-order chi connectivity index (χ0) is 19.3. The zero-order valence-corrected chi connectivity index (χ0v) is 16.1. The molecule has 0 saturated carbocycles. The van der Waals surface area contributed by atoms with Crippen LogP contribution in [-0.4, -0.2) is 73.0 Å². The summed E-state index contributed by atoms with van der Waals surface area (Å²) in [5, 5.41) is 8.54. The molecule has 1 aromatic rings. The van der Waals surface area contributed by atoms with Crippen molar-refractivity contribution in [3.63, 3.8) is 0 Å². The van der Waals surface area contributed by atoms with Gasteiger partial charge in [-0.3, -0.25) is 4.18 Å². The van der Waals surface area contributed by atoms with Crippen molar-refractivity contribution in [2.75, 3.05) is 59.5 Å². The van der Waals surface area contributed by atoms with E-state index in [0.717, 1.165) is 5.56 Å². The van der Waals surface area contributed by atoms with Crippen molar-refractivity contribution in [3.8, 4) is 5.75 Å². The topological polar surface area (TPSA) is 101 Å². The second-order valence-corrected chi connectivity index (χ2v) is 6.80. The highest BCUT2D eigenvalue weighted by molar-refractivity contribution is 7.86. The molecule has 8 nitrogen and oxygen atoms in total. The Kier molecular flexibility index (Phi) is 11.4. The molecule has 0 amide bonds. The Balaban J connectivity index is 2.30. The van der Waals surface area contributed by atoms with Crippen LogP contribution in [0.2, 0.25) is 0 Å². The summed E-state index contributed by atoms with van der Waals surface area (Å²) in [4.78, 5) is 0.0103. The number of hydrogen-bond acceptors (Lipinski definition) is 8. The van der Waals surface area contributed by atoms with Gasteiger partial charge in [-0.15, -0.1) is 0 Å². The van der Waals surface area contributed by atoms with Gasteiger partial charge in [0.25, 0.3) is 0 Å². The maximum atomic E-state index is 12.1. The third kappa shape index (κ3) is 8.93. The summed E-state index contributed by atoms with van der Waals surface area (Å²) in [5.74, 6) is 0.249. The molecule has 1 rings (SSSR count). The fourth-order valence-electron chi connectivity index (χ4n) is 1.97. The molecule has 0 aromatic heterocycles. The molecule has 0 spiro atoms. The van der Waals surface area contributed by atoms with E-state index in [0.29, 0.717) is 39.6 Å². The normalized spacial score (nSPS) is 11.7. The molecular formula is C17H28O8S. The number of aliphatic hydroxyl groups excluding tert-OH is 1. The van der Waals surface area contributed by atoms with Crippen molar-refractivity contribution in [2.24, 2.45) is 0 Å². The Morgan fingerprint density at radius 3 is 2.08 bits per heavy atom. The first kappa shape index (κ1) is 22.8. The lowest BCUT2D eigenvalue weighted by atomic mass is 10.2. The molecule has 0 aliphatic rings.